The van der Waals surface area contributed by atoms with E-state index in [1.165, 1.54) is 191 Å². The molecule has 2 heterocycles. The SMILES string of the molecule is CCCCCCCCCCCCCCCCC1Nc2ccc(S(=O)(=O)[O-])cc2N1.CCCCCCCCCCCCCCCCC1Nc2ccc(S(=O)(=O)[O-])cc2N1.[Ca+2]. The Bertz CT molecular complexity index is 1510. The van der Waals surface area contributed by atoms with Crippen molar-refractivity contribution in [3.05, 3.63) is 36.4 Å². The molecule has 59 heavy (non-hydrogen) atoms. The van der Waals surface area contributed by atoms with Gasteiger partial charge in [0.25, 0.3) is 0 Å². The van der Waals surface area contributed by atoms with E-state index >= 15 is 0 Å². The van der Waals surface area contributed by atoms with Gasteiger partial charge in [0.1, 0.15) is 20.2 Å². The monoisotopic (exact) mass is 886 g/mol. The van der Waals surface area contributed by atoms with Crippen LogP contribution in [0.2, 0.25) is 0 Å². The van der Waals surface area contributed by atoms with Gasteiger partial charge in [-0.3, -0.25) is 0 Å². The van der Waals surface area contributed by atoms with Gasteiger partial charge in [0.15, 0.2) is 0 Å². The van der Waals surface area contributed by atoms with E-state index in [0.29, 0.717) is 11.4 Å². The molecule has 2 aromatic rings. The van der Waals surface area contributed by atoms with Crippen molar-refractivity contribution in [1.29, 1.82) is 0 Å². The van der Waals surface area contributed by atoms with Crippen molar-refractivity contribution >= 4 is 80.7 Å². The normalized spacial score (nSPS) is 15.5. The third kappa shape index (κ3) is 23.7. The van der Waals surface area contributed by atoms with Crippen LogP contribution < -0.4 is 21.3 Å². The fourth-order valence-electron chi connectivity index (χ4n) is 8.05. The number of hydrogen-bond donors (Lipinski definition) is 4. The summed E-state index contributed by atoms with van der Waals surface area (Å²) in [6, 6.07) is 8.91. The molecule has 0 saturated heterocycles. The molecule has 13 heteroatoms. The van der Waals surface area contributed by atoms with Crippen LogP contribution in [0.15, 0.2) is 46.2 Å². The third-order valence-corrected chi connectivity index (χ3v) is 13.2. The van der Waals surface area contributed by atoms with Crippen molar-refractivity contribution < 1.29 is 25.9 Å². The summed E-state index contributed by atoms with van der Waals surface area (Å²) >= 11 is 0. The van der Waals surface area contributed by atoms with E-state index in [0.717, 1.165) is 37.1 Å². The maximum Gasteiger partial charge on any atom is 2.00 e. The molecule has 332 valence electrons. The number of hydrogen-bond acceptors (Lipinski definition) is 10. The molecular weight excluding hydrogens is 809 g/mol. The predicted molar refractivity (Wildman–Crippen MR) is 246 cm³/mol. The molecule has 2 aliphatic rings. The molecule has 0 aromatic heterocycles. The van der Waals surface area contributed by atoms with Crippen LogP contribution >= 0.6 is 0 Å². The van der Waals surface area contributed by atoms with Crippen molar-refractivity contribution in [2.75, 3.05) is 21.3 Å². The number of fused-ring (bicyclic) bond motifs is 2. The fraction of sp³-hybridized carbons (Fsp3) is 0.739. The van der Waals surface area contributed by atoms with Crippen LogP contribution in [-0.2, 0) is 20.2 Å². The summed E-state index contributed by atoms with van der Waals surface area (Å²) in [6.07, 6.45) is 40.0. The Morgan fingerprint density at radius 1 is 0.390 bits per heavy atom. The van der Waals surface area contributed by atoms with Gasteiger partial charge >= 0.3 is 37.7 Å². The topological polar surface area (TPSA) is 163 Å². The second-order valence-electron chi connectivity index (χ2n) is 16.8. The van der Waals surface area contributed by atoms with Gasteiger partial charge in [0.05, 0.1) is 44.9 Å². The third-order valence-electron chi connectivity index (χ3n) is 11.6. The number of rotatable bonds is 32. The Kier molecular flexibility index (Phi) is 28.8. The first-order chi connectivity index (χ1) is 28.0. The Balaban J connectivity index is 0.000000400. The van der Waals surface area contributed by atoms with Crippen LogP contribution in [0, 0.1) is 0 Å². The molecule has 0 radical (unpaired) electrons. The minimum absolute atomic E-state index is 0. The van der Waals surface area contributed by atoms with Crippen LogP contribution in [-0.4, -0.2) is 76.0 Å². The van der Waals surface area contributed by atoms with E-state index in [2.05, 4.69) is 35.1 Å². The molecule has 0 amide bonds. The quantitative estimate of drug-likeness (QED) is 0.0316. The molecule has 0 saturated carbocycles. The van der Waals surface area contributed by atoms with E-state index in [9.17, 15) is 25.9 Å². The van der Waals surface area contributed by atoms with Crippen molar-refractivity contribution in [2.45, 2.75) is 229 Å². The molecule has 10 nitrogen and oxygen atoms in total. The van der Waals surface area contributed by atoms with Gasteiger partial charge in [-0.25, -0.2) is 16.8 Å². The summed E-state index contributed by atoms with van der Waals surface area (Å²) in [4.78, 5) is -0.356. The van der Waals surface area contributed by atoms with Gasteiger partial charge in [0, 0.05) is 0 Å². The van der Waals surface area contributed by atoms with Crippen molar-refractivity contribution in [3.8, 4) is 0 Å². The molecule has 0 bridgehead atoms. The first-order valence-electron chi connectivity index (χ1n) is 23.3. The molecule has 0 spiro atoms. The molecule has 2 unspecified atom stereocenters. The van der Waals surface area contributed by atoms with Gasteiger partial charge in [-0.1, -0.05) is 181 Å². The van der Waals surface area contributed by atoms with E-state index in [1.54, 1.807) is 12.1 Å². The summed E-state index contributed by atoms with van der Waals surface area (Å²) in [7, 11) is -8.80. The average molecular weight is 887 g/mol. The molecule has 2 atom stereocenters. The van der Waals surface area contributed by atoms with E-state index in [1.807, 2.05) is 0 Å². The van der Waals surface area contributed by atoms with Crippen molar-refractivity contribution in [1.82, 2.24) is 0 Å². The van der Waals surface area contributed by atoms with Gasteiger partial charge in [-0.15, -0.1) is 0 Å². The summed E-state index contributed by atoms with van der Waals surface area (Å²) in [5.41, 5.74) is 3.15. The largest absolute Gasteiger partial charge is 2.00 e. The number of benzene rings is 2. The van der Waals surface area contributed by atoms with Gasteiger partial charge in [0.2, 0.25) is 0 Å². The van der Waals surface area contributed by atoms with Crippen molar-refractivity contribution in [2.24, 2.45) is 0 Å². The van der Waals surface area contributed by atoms with E-state index < -0.39 is 20.2 Å². The minimum atomic E-state index is -4.40. The standard InChI is InChI=1S/2C23H40N2O3S.Ca/c2*1-2-3-4-5-6-7-8-9-10-11-12-13-14-15-16-23-24-21-18-17-20(29(26,27)28)19-22(21)25-23;/h2*17-19,23-25H,2-16H2,1H3,(H,26,27,28);/q;;+2/p-2. The first kappa shape index (κ1) is 53.9. The summed E-state index contributed by atoms with van der Waals surface area (Å²) in [5.74, 6) is 0. The zero-order valence-corrected chi connectivity index (χ0v) is 40.6. The van der Waals surface area contributed by atoms with Crippen LogP contribution in [0.25, 0.3) is 0 Å². The minimum Gasteiger partial charge on any atom is -0.744 e. The molecule has 2 aliphatic heterocycles. The molecule has 4 N–H and O–H groups in total. The molecular formula is C46H78CaN4O6S2. The second-order valence-corrected chi connectivity index (χ2v) is 19.5. The smallest absolute Gasteiger partial charge is 0.744 e. The van der Waals surface area contributed by atoms with Crippen LogP contribution in [0.1, 0.15) is 206 Å². The summed E-state index contributed by atoms with van der Waals surface area (Å²) in [6.45, 7) is 4.54. The maximum atomic E-state index is 11.1. The second kappa shape index (κ2) is 31.5. The Morgan fingerprint density at radius 2 is 0.627 bits per heavy atom. The van der Waals surface area contributed by atoms with Gasteiger partial charge in [-0.05, 0) is 62.1 Å². The van der Waals surface area contributed by atoms with E-state index in [-0.39, 0.29) is 59.9 Å². The first-order valence-corrected chi connectivity index (χ1v) is 26.1. The zero-order valence-electron chi connectivity index (χ0n) is 36.8. The molecule has 0 fully saturated rings. The van der Waals surface area contributed by atoms with Crippen molar-refractivity contribution in [3.63, 3.8) is 0 Å². The zero-order chi connectivity index (χ0) is 41.9. The Hall–Kier alpha value is -1.28. The van der Waals surface area contributed by atoms with Crippen LogP contribution in [0.4, 0.5) is 22.7 Å². The molecule has 0 aliphatic carbocycles. The molecule has 4 rings (SSSR count). The van der Waals surface area contributed by atoms with Crippen LogP contribution in [0.3, 0.4) is 0 Å². The number of anilines is 4. The molecule has 2 aromatic carbocycles. The number of unbranched alkanes of at least 4 members (excludes halogenated alkanes) is 26. The fourth-order valence-corrected chi connectivity index (χ4v) is 9.04. The average Bonchev–Trinajstić information content (AvgIpc) is 3.80. The van der Waals surface area contributed by atoms with E-state index in [4.69, 9.17) is 0 Å². The van der Waals surface area contributed by atoms with Gasteiger partial charge < -0.3 is 30.4 Å². The summed E-state index contributed by atoms with van der Waals surface area (Å²) in [5, 5.41) is 13.3. The Labute approximate surface area is 389 Å². The van der Waals surface area contributed by atoms with Gasteiger partial charge in [-0.2, -0.15) is 0 Å². The van der Waals surface area contributed by atoms with Crippen LogP contribution in [0.5, 0.6) is 0 Å². The number of nitrogens with one attached hydrogen (secondary N) is 4. The predicted octanol–water partition coefficient (Wildman–Crippen LogP) is 12.9. The summed E-state index contributed by atoms with van der Waals surface area (Å²) < 4.78 is 66.8. The Morgan fingerprint density at radius 3 is 0.881 bits per heavy atom. The maximum absolute atomic E-state index is 11.1.